The summed E-state index contributed by atoms with van der Waals surface area (Å²) in [5.41, 5.74) is 5.75. The minimum Gasteiger partial charge on any atom is -0.329 e. The van der Waals surface area contributed by atoms with E-state index in [4.69, 9.17) is 5.73 Å². The van der Waals surface area contributed by atoms with Crippen LogP contribution in [0.25, 0.3) is 0 Å². The molecule has 0 radical (unpaired) electrons. The molecule has 5 nitrogen and oxygen atoms in total. The van der Waals surface area contributed by atoms with E-state index in [-0.39, 0.29) is 6.04 Å². The summed E-state index contributed by atoms with van der Waals surface area (Å²) < 4.78 is 28.3. The molecule has 2 rings (SSSR count). The van der Waals surface area contributed by atoms with Gasteiger partial charge in [0.15, 0.2) is 0 Å². The van der Waals surface area contributed by atoms with E-state index in [2.05, 4.69) is 0 Å². The fourth-order valence-electron chi connectivity index (χ4n) is 2.74. The molecule has 1 aliphatic carbocycles. The number of nitrogens with zero attached hydrogens (tertiary/aromatic N) is 2. The van der Waals surface area contributed by atoms with Crippen molar-refractivity contribution in [2.75, 3.05) is 26.7 Å². The smallest absolute Gasteiger partial charge is 0.282 e. The van der Waals surface area contributed by atoms with Crippen LogP contribution >= 0.6 is 0 Å². The summed E-state index contributed by atoms with van der Waals surface area (Å²) in [7, 11) is -1.62. The van der Waals surface area contributed by atoms with Crippen molar-refractivity contribution in [3.8, 4) is 0 Å². The first-order chi connectivity index (χ1) is 8.57. The van der Waals surface area contributed by atoms with Crippen molar-refractivity contribution in [1.82, 2.24) is 8.61 Å². The molecule has 0 aromatic heterocycles. The molecule has 0 aromatic rings. The summed E-state index contributed by atoms with van der Waals surface area (Å²) in [6, 6.07) is -0.0155. The molecule has 0 spiro atoms. The van der Waals surface area contributed by atoms with Gasteiger partial charge in [0.05, 0.1) is 0 Å². The highest BCUT2D eigenvalue weighted by Gasteiger charge is 2.39. The van der Waals surface area contributed by atoms with Gasteiger partial charge < -0.3 is 5.73 Å². The Labute approximate surface area is 110 Å². The summed E-state index contributed by atoms with van der Waals surface area (Å²) in [6.07, 6.45) is 6.45. The molecule has 1 saturated heterocycles. The minimum absolute atomic E-state index is 0.0155. The number of rotatable bonds is 5. The molecule has 2 aliphatic rings. The van der Waals surface area contributed by atoms with Crippen molar-refractivity contribution < 1.29 is 8.42 Å². The maximum Gasteiger partial charge on any atom is 0.282 e. The van der Waals surface area contributed by atoms with Gasteiger partial charge in [0.1, 0.15) is 0 Å². The van der Waals surface area contributed by atoms with Gasteiger partial charge in [-0.15, -0.1) is 0 Å². The zero-order valence-electron chi connectivity index (χ0n) is 11.2. The Morgan fingerprint density at radius 3 is 2.22 bits per heavy atom. The quantitative estimate of drug-likeness (QED) is 0.806. The second kappa shape index (κ2) is 5.86. The van der Waals surface area contributed by atoms with E-state index >= 15 is 0 Å². The summed E-state index contributed by atoms with van der Waals surface area (Å²) in [5.74, 6) is 0.474. The van der Waals surface area contributed by atoms with Gasteiger partial charge >= 0.3 is 0 Å². The van der Waals surface area contributed by atoms with Crippen molar-refractivity contribution in [1.29, 1.82) is 0 Å². The maximum atomic E-state index is 12.6. The Morgan fingerprint density at radius 1 is 1.22 bits per heavy atom. The Balaban J connectivity index is 2.07. The van der Waals surface area contributed by atoms with Gasteiger partial charge in [-0.05, 0) is 31.6 Å². The lowest BCUT2D eigenvalue weighted by atomic mass is 10.2. The van der Waals surface area contributed by atoms with Gasteiger partial charge in [0.2, 0.25) is 0 Å². The number of likely N-dealkylation sites (N-methyl/N-ethyl adjacent to an activating group) is 1. The molecule has 106 valence electrons. The SMILES string of the molecule is CN(C(CN)C1CC1)S(=O)(=O)N1CCCCCC1. The van der Waals surface area contributed by atoms with E-state index in [1.165, 1.54) is 4.31 Å². The molecule has 1 saturated carbocycles. The van der Waals surface area contributed by atoms with Gasteiger partial charge in [-0.1, -0.05) is 12.8 Å². The summed E-state index contributed by atoms with van der Waals surface area (Å²) in [4.78, 5) is 0. The summed E-state index contributed by atoms with van der Waals surface area (Å²) in [5, 5.41) is 0. The average molecular weight is 275 g/mol. The van der Waals surface area contributed by atoms with Crippen molar-refractivity contribution >= 4 is 10.2 Å². The molecule has 2 N–H and O–H groups in total. The third-order valence-electron chi connectivity index (χ3n) is 4.13. The van der Waals surface area contributed by atoms with Gasteiger partial charge in [-0.25, -0.2) is 0 Å². The molecule has 6 heteroatoms. The Hall–Kier alpha value is -0.170. The lowest BCUT2D eigenvalue weighted by molar-refractivity contribution is 0.300. The molecule has 0 aromatic carbocycles. The van der Waals surface area contributed by atoms with Crippen LogP contribution in [0.2, 0.25) is 0 Å². The Bertz CT molecular complexity index is 360. The maximum absolute atomic E-state index is 12.6. The molecule has 0 amide bonds. The predicted molar refractivity (Wildman–Crippen MR) is 72.3 cm³/mol. The molecular formula is C12H25N3O2S. The number of nitrogens with two attached hydrogens (primary N) is 1. The molecule has 1 aliphatic heterocycles. The normalized spacial score (nSPS) is 25.1. The first-order valence-electron chi connectivity index (χ1n) is 7.00. The first-order valence-corrected chi connectivity index (χ1v) is 8.40. The van der Waals surface area contributed by atoms with Crippen molar-refractivity contribution in [3.05, 3.63) is 0 Å². The van der Waals surface area contributed by atoms with Gasteiger partial charge in [0.25, 0.3) is 10.2 Å². The summed E-state index contributed by atoms with van der Waals surface area (Å²) in [6.45, 7) is 1.75. The summed E-state index contributed by atoms with van der Waals surface area (Å²) >= 11 is 0. The monoisotopic (exact) mass is 275 g/mol. The molecule has 1 unspecified atom stereocenters. The van der Waals surface area contributed by atoms with E-state index in [1.807, 2.05) is 0 Å². The first kappa shape index (κ1) is 14.2. The van der Waals surface area contributed by atoms with Crippen LogP contribution in [-0.2, 0) is 10.2 Å². The van der Waals surface area contributed by atoms with Gasteiger partial charge in [-0.2, -0.15) is 17.0 Å². The Kier molecular flexibility index (Phi) is 4.64. The van der Waals surface area contributed by atoms with Crippen LogP contribution < -0.4 is 5.73 Å². The molecule has 1 atom stereocenters. The fraction of sp³-hybridized carbons (Fsp3) is 1.00. The highest BCUT2D eigenvalue weighted by molar-refractivity contribution is 7.86. The third kappa shape index (κ3) is 3.04. The van der Waals surface area contributed by atoms with E-state index in [0.717, 1.165) is 38.5 Å². The topological polar surface area (TPSA) is 66.6 Å². The van der Waals surface area contributed by atoms with E-state index < -0.39 is 10.2 Å². The molecule has 18 heavy (non-hydrogen) atoms. The molecule has 2 fully saturated rings. The molecule has 1 heterocycles. The van der Waals surface area contributed by atoms with Gasteiger partial charge in [0, 0.05) is 32.7 Å². The highest BCUT2D eigenvalue weighted by atomic mass is 32.2. The van der Waals surface area contributed by atoms with Crippen LogP contribution in [0.15, 0.2) is 0 Å². The third-order valence-corrected chi connectivity index (χ3v) is 6.15. The van der Waals surface area contributed by atoms with Gasteiger partial charge in [-0.3, -0.25) is 0 Å². The lowest BCUT2D eigenvalue weighted by Crippen LogP contribution is -2.50. The standard InChI is InChI=1S/C12H25N3O2S/c1-14(12(10-13)11-6-7-11)18(16,17)15-8-4-2-3-5-9-15/h11-12H,2-10,13H2,1H3. The molecular weight excluding hydrogens is 250 g/mol. The minimum atomic E-state index is -3.32. The number of hydrogen-bond acceptors (Lipinski definition) is 3. The van der Waals surface area contributed by atoms with Crippen molar-refractivity contribution in [2.24, 2.45) is 11.7 Å². The lowest BCUT2D eigenvalue weighted by Gasteiger charge is -2.31. The second-order valence-electron chi connectivity index (χ2n) is 5.48. The highest BCUT2D eigenvalue weighted by Crippen LogP contribution is 2.35. The largest absolute Gasteiger partial charge is 0.329 e. The van der Waals surface area contributed by atoms with E-state index in [1.54, 1.807) is 11.4 Å². The van der Waals surface area contributed by atoms with Crippen molar-refractivity contribution in [2.45, 2.75) is 44.6 Å². The van der Waals surface area contributed by atoms with Crippen LogP contribution in [0.4, 0.5) is 0 Å². The zero-order valence-corrected chi connectivity index (χ0v) is 12.0. The zero-order chi connectivity index (χ0) is 13.2. The van der Waals surface area contributed by atoms with E-state index in [0.29, 0.717) is 25.6 Å². The van der Waals surface area contributed by atoms with Crippen LogP contribution in [0.3, 0.4) is 0 Å². The second-order valence-corrected chi connectivity index (χ2v) is 7.47. The van der Waals surface area contributed by atoms with Crippen LogP contribution in [0, 0.1) is 5.92 Å². The average Bonchev–Trinajstić information content (AvgIpc) is 3.16. The van der Waals surface area contributed by atoms with Crippen LogP contribution in [0.1, 0.15) is 38.5 Å². The van der Waals surface area contributed by atoms with Crippen molar-refractivity contribution in [3.63, 3.8) is 0 Å². The molecule has 0 bridgehead atoms. The fourth-order valence-corrected chi connectivity index (χ4v) is 4.43. The van der Waals surface area contributed by atoms with Crippen LogP contribution in [-0.4, -0.2) is 49.8 Å². The number of hydrogen-bond donors (Lipinski definition) is 1. The van der Waals surface area contributed by atoms with E-state index in [9.17, 15) is 8.42 Å². The van der Waals surface area contributed by atoms with Crippen LogP contribution in [0.5, 0.6) is 0 Å². The Morgan fingerprint density at radius 2 is 1.78 bits per heavy atom. The predicted octanol–water partition coefficient (Wildman–Crippen LogP) is 0.776.